The van der Waals surface area contributed by atoms with Gasteiger partial charge >= 0.3 is 0 Å². The molecule has 3 N–H and O–H groups in total. The number of thiazole rings is 1. The van der Waals surface area contributed by atoms with Crippen molar-refractivity contribution in [3.8, 4) is 0 Å². The molecule has 0 saturated heterocycles. The lowest BCUT2D eigenvalue weighted by Crippen LogP contribution is -2.32. The van der Waals surface area contributed by atoms with Gasteiger partial charge in [-0.15, -0.1) is 0 Å². The highest BCUT2D eigenvalue weighted by atomic mass is 32.1. The lowest BCUT2D eigenvalue weighted by atomic mass is 10.1. The molecular weight excluding hydrogens is 248 g/mol. The van der Waals surface area contributed by atoms with Crippen LogP contribution in [0.4, 0.5) is 10.9 Å². The Morgan fingerprint density at radius 2 is 2.28 bits per heavy atom. The average Bonchev–Trinajstić information content (AvgIpc) is 2.97. The first-order valence-corrected chi connectivity index (χ1v) is 7.03. The van der Waals surface area contributed by atoms with Gasteiger partial charge in [-0.1, -0.05) is 24.2 Å². The van der Waals surface area contributed by atoms with Crippen LogP contribution >= 0.6 is 11.3 Å². The van der Waals surface area contributed by atoms with E-state index in [0.717, 1.165) is 17.5 Å². The maximum atomic E-state index is 12.1. The number of amides is 1. The molecule has 1 heterocycles. The summed E-state index contributed by atoms with van der Waals surface area (Å²) in [5, 5.41) is 3.75. The summed E-state index contributed by atoms with van der Waals surface area (Å²) < 4.78 is 0. The van der Waals surface area contributed by atoms with E-state index in [0.29, 0.717) is 10.7 Å². The highest BCUT2D eigenvalue weighted by Gasteiger charge is 2.25. The summed E-state index contributed by atoms with van der Waals surface area (Å²) in [6.45, 7) is 2.04. The summed E-state index contributed by atoms with van der Waals surface area (Å²) in [7, 11) is 3.77. The molecule has 1 amide bonds. The van der Waals surface area contributed by atoms with Crippen molar-refractivity contribution in [3.05, 3.63) is 4.88 Å². The number of carbonyl (C=O) groups excluding carboxylic acids is 1. The number of nitrogens with one attached hydrogen (secondary N) is 1. The molecule has 1 aliphatic carbocycles. The van der Waals surface area contributed by atoms with Crippen molar-refractivity contribution < 1.29 is 4.79 Å². The molecule has 5 nitrogen and oxygen atoms in total. The summed E-state index contributed by atoms with van der Waals surface area (Å²) >= 11 is 1.33. The molecule has 2 rings (SSSR count). The lowest BCUT2D eigenvalue weighted by Gasteiger charge is -2.12. The third-order valence-electron chi connectivity index (χ3n) is 2.99. The van der Waals surface area contributed by atoms with Crippen molar-refractivity contribution in [3.63, 3.8) is 0 Å². The molecule has 0 aromatic carbocycles. The van der Waals surface area contributed by atoms with Crippen molar-refractivity contribution in [2.45, 2.75) is 32.2 Å². The van der Waals surface area contributed by atoms with Crippen LogP contribution in [0.5, 0.6) is 0 Å². The van der Waals surface area contributed by atoms with Gasteiger partial charge < -0.3 is 16.0 Å². The van der Waals surface area contributed by atoms with Gasteiger partial charge in [0.25, 0.3) is 5.91 Å². The van der Waals surface area contributed by atoms with Gasteiger partial charge in [0.05, 0.1) is 0 Å². The van der Waals surface area contributed by atoms with Crippen LogP contribution in [0.25, 0.3) is 0 Å². The maximum Gasteiger partial charge on any atom is 0.265 e. The Balaban J connectivity index is 1.98. The molecule has 0 spiro atoms. The Hall–Kier alpha value is -1.30. The number of nitrogen functional groups attached to an aromatic ring is 1. The van der Waals surface area contributed by atoms with E-state index in [4.69, 9.17) is 5.73 Å². The minimum atomic E-state index is -0.105. The molecule has 6 heteroatoms. The average molecular weight is 268 g/mol. The van der Waals surface area contributed by atoms with Crippen LogP contribution < -0.4 is 16.0 Å². The molecule has 1 unspecified atom stereocenters. The topological polar surface area (TPSA) is 71.2 Å². The van der Waals surface area contributed by atoms with Gasteiger partial charge in [0, 0.05) is 20.1 Å². The van der Waals surface area contributed by atoms with Crippen molar-refractivity contribution in [2.75, 3.05) is 24.7 Å². The van der Waals surface area contributed by atoms with Crippen LogP contribution in [-0.2, 0) is 0 Å². The number of rotatable bonds is 5. The number of carbonyl (C=O) groups is 1. The fraction of sp³-hybridized carbons (Fsp3) is 0.667. The molecule has 1 atom stereocenters. The second-order valence-electron chi connectivity index (χ2n) is 5.16. The second-order valence-corrected chi connectivity index (χ2v) is 6.14. The molecule has 1 fully saturated rings. The fourth-order valence-electron chi connectivity index (χ4n) is 1.88. The van der Waals surface area contributed by atoms with Crippen LogP contribution in [-0.4, -0.2) is 31.0 Å². The molecule has 1 aromatic heterocycles. The number of hydrogen-bond donors (Lipinski definition) is 2. The van der Waals surface area contributed by atoms with Gasteiger partial charge in [-0.3, -0.25) is 4.79 Å². The van der Waals surface area contributed by atoms with E-state index in [-0.39, 0.29) is 11.9 Å². The minimum Gasteiger partial charge on any atom is -0.382 e. The number of anilines is 2. The van der Waals surface area contributed by atoms with Crippen LogP contribution in [0.2, 0.25) is 0 Å². The van der Waals surface area contributed by atoms with Gasteiger partial charge in [-0.05, 0) is 19.3 Å². The van der Waals surface area contributed by atoms with E-state index in [1.165, 1.54) is 24.2 Å². The van der Waals surface area contributed by atoms with Crippen LogP contribution in [0, 0.1) is 5.92 Å². The van der Waals surface area contributed by atoms with Crippen molar-refractivity contribution in [2.24, 2.45) is 5.92 Å². The number of nitrogens with zero attached hydrogens (tertiary/aromatic N) is 2. The molecular formula is C12H20N4OS. The first kappa shape index (κ1) is 13.1. The third-order valence-corrected chi connectivity index (χ3v) is 4.23. The second kappa shape index (κ2) is 5.14. The van der Waals surface area contributed by atoms with E-state index in [1.54, 1.807) is 0 Å². The molecule has 18 heavy (non-hydrogen) atoms. The normalized spacial score (nSPS) is 16.4. The van der Waals surface area contributed by atoms with E-state index in [1.807, 2.05) is 25.9 Å². The first-order valence-electron chi connectivity index (χ1n) is 6.22. The maximum absolute atomic E-state index is 12.1. The van der Waals surface area contributed by atoms with Gasteiger partial charge in [0.15, 0.2) is 5.13 Å². The Labute approximate surface area is 111 Å². The zero-order chi connectivity index (χ0) is 13.3. The van der Waals surface area contributed by atoms with Crippen LogP contribution in [0.15, 0.2) is 0 Å². The highest BCUT2D eigenvalue weighted by Crippen LogP contribution is 2.33. The Bertz CT molecular complexity index is 439. The standard InChI is InChI=1S/C12H20N4OS/c1-7(6-8-4-5-8)14-11(17)9-10(13)15-12(18-9)16(2)3/h7-8H,4-6,13H2,1-3H3,(H,14,17). The number of aromatic nitrogens is 1. The Kier molecular flexibility index (Phi) is 3.75. The first-order chi connectivity index (χ1) is 8.47. The molecule has 1 saturated carbocycles. The zero-order valence-corrected chi connectivity index (χ0v) is 11.9. The summed E-state index contributed by atoms with van der Waals surface area (Å²) in [6, 6.07) is 0.203. The molecule has 100 valence electrons. The van der Waals surface area contributed by atoms with Crippen molar-refractivity contribution in [1.29, 1.82) is 0 Å². The van der Waals surface area contributed by atoms with E-state index in [2.05, 4.69) is 10.3 Å². The van der Waals surface area contributed by atoms with Crippen molar-refractivity contribution in [1.82, 2.24) is 10.3 Å². The fourth-order valence-corrected chi connectivity index (χ4v) is 2.69. The largest absolute Gasteiger partial charge is 0.382 e. The minimum absolute atomic E-state index is 0.105. The van der Waals surface area contributed by atoms with Gasteiger partial charge in [0.2, 0.25) is 0 Å². The van der Waals surface area contributed by atoms with E-state index >= 15 is 0 Å². The molecule has 0 bridgehead atoms. The molecule has 1 aliphatic rings. The monoisotopic (exact) mass is 268 g/mol. The van der Waals surface area contributed by atoms with Gasteiger partial charge in [0.1, 0.15) is 10.7 Å². The number of nitrogens with two attached hydrogens (primary N) is 1. The summed E-state index contributed by atoms with van der Waals surface area (Å²) in [5.74, 6) is 1.02. The van der Waals surface area contributed by atoms with Crippen LogP contribution in [0.1, 0.15) is 35.9 Å². The summed E-state index contributed by atoms with van der Waals surface area (Å²) in [5.41, 5.74) is 5.78. The SMILES string of the molecule is CC(CC1CC1)NC(=O)c1sc(N(C)C)nc1N. The number of hydrogen-bond acceptors (Lipinski definition) is 5. The Morgan fingerprint density at radius 3 is 2.78 bits per heavy atom. The molecule has 1 aromatic rings. The smallest absolute Gasteiger partial charge is 0.265 e. The lowest BCUT2D eigenvalue weighted by molar-refractivity contribution is 0.0942. The zero-order valence-electron chi connectivity index (χ0n) is 11.1. The highest BCUT2D eigenvalue weighted by molar-refractivity contribution is 7.18. The molecule has 0 aliphatic heterocycles. The molecule has 0 radical (unpaired) electrons. The summed E-state index contributed by atoms with van der Waals surface area (Å²) in [4.78, 5) is 18.6. The predicted molar refractivity (Wildman–Crippen MR) is 75.1 cm³/mol. The quantitative estimate of drug-likeness (QED) is 0.853. The predicted octanol–water partition coefficient (Wildman–Crippen LogP) is 1.71. The van der Waals surface area contributed by atoms with Gasteiger partial charge in [-0.2, -0.15) is 0 Å². The van der Waals surface area contributed by atoms with Crippen LogP contribution in [0.3, 0.4) is 0 Å². The van der Waals surface area contributed by atoms with E-state index < -0.39 is 0 Å². The Morgan fingerprint density at radius 1 is 1.61 bits per heavy atom. The van der Waals surface area contributed by atoms with Crippen molar-refractivity contribution >= 4 is 28.2 Å². The third kappa shape index (κ3) is 3.13. The van der Waals surface area contributed by atoms with Gasteiger partial charge in [-0.25, -0.2) is 4.98 Å². The van der Waals surface area contributed by atoms with E-state index in [9.17, 15) is 4.79 Å². The summed E-state index contributed by atoms with van der Waals surface area (Å²) in [6.07, 6.45) is 3.66.